The lowest BCUT2D eigenvalue weighted by Crippen LogP contribution is -2.14. The van der Waals surface area contributed by atoms with Gasteiger partial charge in [0.25, 0.3) is 0 Å². The standard InChI is InChI=1S/C12H18N2O4S/c1-14-7-10(19(13,16)17)6-11(14)12(15)18-8-9-4-2-3-5-9/h6-7,9H,2-5,8H2,1H3,(H2,13,16,17). The van der Waals surface area contributed by atoms with Crippen LogP contribution in [0.25, 0.3) is 0 Å². The maximum atomic E-state index is 11.9. The van der Waals surface area contributed by atoms with E-state index < -0.39 is 16.0 Å². The zero-order chi connectivity index (χ0) is 14.0. The Kier molecular flexibility index (Phi) is 3.96. The molecule has 0 aromatic carbocycles. The Labute approximate surface area is 112 Å². The molecule has 1 aliphatic carbocycles. The van der Waals surface area contributed by atoms with Crippen molar-refractivity contribution in [2.24, 2.45) is 18.1 Å². The maximum Gasteiger partial charge on any atom is 0.354 e. The molecule has 1 fully saturated rings. The number of aromatic nitrogens is 1. The second kappa shape index (κ2) is 5.34. The molecule has 0 atom stereocenters. The number of nitrogens with zero attached hydrogens (tertiary/aromatic N) is 1. The second-order valence-corrected chi connectivity index (χ2v) is 6.53. The van der Waals surface area contributed by atoms with Crippen LogP contribution >= 0.6 is 0 Å². The first-order chi connectivity index (χ1) is 8.88. The number of carbonyl (C=O) groups excluding carboxylic acids is 1. The van der Waals surface area contributed by atoms with E-state index in [1.165, 1.54) is 29.7 Å². The van der Waals surface area contributed by atoms with Gasteiger partial charge in [0, 0.05) is 13.2 Å². The average Bonchev–Trinajstić information content (AvgIpc) is 2.93. The Morgan fingerprint density at radius 2 is 2.11 bits per heavy atom. The summed E-state index contributed by atoms with van der Waals surface area (Å²) in [6.07, 6.45) is 5.84. The molecule has 0 unspecified atom stereocenters. The van der Waals surface area contributed by atoms with Crippen LogP contribution in [-0.4, -0.2) is 25.6 Å². The van der Waals surface area contributed by atoms with E-state index >= 15 is 0 Å². The molecule has 7 heteroatoms. The quantitative estimate of drug-likeness (QED) is 0.836. The monoisotopic (exact) mass is 286 g/mol. The molecule has 1 aliphatic rings. The van der Waals surface area contributed by atoms with Gasteiger partial charge in [-0.2, -0.15) is 0 Å². The summed E-state index contributed by atoms with van der Waals surface area (Å²) in [7, 11) is -2.21. The SMILES string of the molecule is Cn1cc(S(N)(=O)=O)cc1C(=O)OCC1CCCC1. The first kappa shape index (κ1) is 14.1. The van der Waals surface area contributed by atoms with Crippen LogP contribution in [0.1, 0.15) is 36.2 Å². The number of rotatable bonds is 4. The molecule has 0 aliphatic heterocycles. The molecule has 0 spiro atoms. The topological polar surface area (TPSA) is 91.4 Å². The summed E-state index contributed by atoms with van der Waals surface area (Å²) < 4.78 is 29.0. The van der Waals surface area contributed by atoms with Crippen LogP contribution < -0.4 is 5.14 Å². The van der Waals surface area contributed by atoms with Gasteiger partial charge in [0.05, 0.1) is 6.61 Å². The van der Waals surface area contributed by atoms with Crippen LogP contribution in [0.2, 0.25) is 0 Å². The molecular weight excluding hydrogens is 268 g/mol. The Morgan fingerprint density at radius 3 is 2.63 bits per heavy atom. The normalized spacial score (nSPS) is 16.7. The number of esters is 1. The summed E-state index contributed by atoms with van der Waals surface area (Å²) >= 11 is 0. The number of ether oxygens (including phenoxy) is 1. The van der Waals surface area contributed by atoms with Crippen LogP contribution in [0.15, 0.2) is 17.2 Å². The molecule has 1 aromatic heterocycles. The number of hydrogen-bond donors (Lipinski definition) is 1. The summed E-state index contributed by atoms with van der Waals surface area (Å²) in [4.78, 5) is 11.8. The van der Waals surface area contributed by atoms with E-state index in [0.717, 1.165) is 12.8 Å². The van der Waals surface area contributed by atoms with Gasteiger partial charge in [-0.15, -0.1) is 0 Å². The van der Waals surface area contributed by atoms with Crippen molar-refractivity contribution >= 4 is 16.0 Å². The molecule has 0 bridgehead atoms. The molecule has 1 aromatic rings. The smallest absolute Gasteiger partial charge is 0.354 e. The third-order valence-electron chi connectivity index (χ3n) is 3.44. The Bertz CT molecular complexity index is 571. The third kappa shape index (κ3) is 3.36. The van der Waals surface area contributed by atoms with Gasteiger partial charge in [-0.1, -0.05) is 12.8 Å². The molecule has 2 rings (SSSR count). The van der Waals surface area contributed by atoms with Crippen LogP contribution in [0.5, 0.6) is 0 Å². The van der Waals surface area contributed by atoms with Crippen LogP contribution in [-0.2, 0) is 21.8 Å². The van der Waals surface area contributed by atoms with Crippen molar-refractivity contribution in [1.82, 2.24) is 4.57 Å². The zero-order valence-corrected chi connectivity index (χ0v) is 11.6. The van der Waals surface area contributed by atoms with Crippen molar-refractivity contribution in [3.63, 3.8) is 0 Å². The lowest BCUT2D eigenvalue weighted by molar-refractivity contribution is 0.0431. The van der Waals surface area contributed by atoms with Crippen molar-refractivity contribution in [1.29, 1.82) is 0 Å². The van der Waals surface area contributed by atoms with Crippen molar-refractivity contribution in [3.05, 3.63) is 18.0 Å². The van der Waals surface area contributed by atoms with E-state index in [4.69, 9.17) is 9.88 Å². The molecule has 6 nitrogen and oxygen atoms in total. The number of hydrogen-bond acceptors (Lipinski definition) is 4. The number of primary sulfonamides is 1. The Balaban J connectivity index is 2.04. The second-order valence-electron chi connectivity index (χ2n) is 4.97. The molecule has 19 heavy (non-hydrogen) atoms. The van der Waals surface area contributed by atoms with Gasteiger partial charge in [0.1, 0.15) is 10.6 Å². The van der Waals surface area contributed by atoms with Crippen LogP contribution in [0.3, 0.4) is 0 Å². The summed E-state index contributed by atoms with van der Waals surface area (Å²) in [5.41, 5.74) is 0.196. The fourth-order valence-corrected chi connectivity index (χ4v) is 2.92. The lowest BCUT2D eigenvalue weighted by Gasteiger charge is -2.10. The summed E-state index contributed by atoms with van der Waals surface area (Å²) in [6, 6.07) is 1.24. The highest BCUT2D eigenvalue weighted by Gasteiger charge is 2.21. The zero-order valence-electron chi connectivity index (χ0n) is 10.8. The highest BCUT2D eigenvalue weighted by atomic mass is 32.2. The largest absolute Gasteiger partial charge is 0.461 e. The van der Waals surface area contributed by atoms with Crippen molar-refractivity contribution in [2.75, 3.05) is 6.61 Å². The van der Waals surface area contributed by atoms with Crippen LogP contribution in [0.4, 0.5) is 0 Å². The van der Waals surface area contributed by atoms with E-state index in [2.05, 4.69) is 0 Å². The van der Waals surface area contributed by atoms with Gasteiger partial charge in [-0.05, 0) is 24.8 Å². The molecule has 0 saturated heterocycles. The molecule has 1 heterocycles. The van der Waals surface area contributed by atoms with E-state index in [0.29, 0.717) is 12.5 Å². The van der Waals surface area contributed by atoms with Crippen molar-refractivity contribution in [2.45, 2.75) is 30.6 Å². The fraction of sp³-hybridized carbons (Fsp3) is 0.583. The number of aryl methyl sites for hydroxylation is 1. The molecule has 1 saturated carbocycles. The highest BCUT2D eigenvalue weighted by molar-refractivity contribution is 7.89. The van der Waals surface area contributed by atoms with Crippen molar-refractivity contribution in [3.8, 4) is 0 Å². The molecule has 0 amide bonds. The minimum Gasteiger partial charge on any atom is -0.461 e. The number of nitrogens with two attached hydrogens (primary N) is 1. The first-order valence-corrected chi connectivity index (χ1v) is 7.79. The first-order valence-electron chi connectivity index (χ1n) is 6.24. The number of sulfonamides is 1. The van der Waals surface area contributed by atoms with Crippen LogP contribution in [0, 0.1) is 5.92 Å². The van der Waals surface area contributed by atoms with Gasteiger partial charge in [-0.3, -0.25) is 0 Å². The van der Waals surface area contributed by atoms with Gasteiger partial charge < -0.3 is 9.30 Å². The molecule has 106 valence electrons. The van der Waals surface area contributed by atoms with Gasteiger partial charge in [0.2, 0.25) is 10.0 Å². The summed E-state index contributed by atoms with van der Waals surface area (Å²) in [5.74, 6) is -0.0776. The minimum atomic E-state index is -3.80. The summed E-state index contributed by atoms with van der Waals surface area (Å²) in [5, 5.41) is 5.02. The van der Waals surface area contributed by atoms with Crippen molar-refractivity contribution < 1.29 is 17.9 Å². The third-order valence-corrected chi connectivity index (χ3v) is 4.32. The minimum absolute atomic E-state index is 0.0807. The molecule has 0 radical (unpaired) electrons. The predicted molar refractivity (Wildman–Crippen MR) is 69.0 cm³/mol. The predicted octanol–water partition coefficient (Wildman–Crippen LogP) is 1.02. The van der Waals surface area contributed by atoms with E-state index in [1.807, 2.05) is 0 Å². The van der Waals surface area contributed by atoms with E-state index in [1.54, 1.807) is 7.05 Å². The number of carbonyl (C=O) groups is 1. The molecular formula is C12H18N2O4S. The van der Waals surface area contributed by atoms with Gasteiger partial charge >= 0.3 is 5.97 Å². The van der Waals surface area contributed by atoms with Gasteiger partial charge in [0.15, 0.2) is 0 Å². The molecule has 2 N–H and O–H groups in total. The van der Waals surface area contributed by atoms with Gasteiger partial charge in [-0.25, -0.2) is 18.4 Å². The summed E-state index contributed by atoms with van der Waals surface area (Å²) in [6.45, 7) is 0.398. The van der Waals surface area contributed by atoms with E-state index in [-0.39, 0.29) is 10.6 Å². The fourth-order valence-electron chi connectivity index (χ4n) is 2.34. The van der Waals surface area contributed by atoms with E-state index in [9.17, 15) is 13.2 Å². The highest BCUT2D eigenvalue weighted by Crippen LogP contribution is 2.25. The Hall–Kier alpha value is -1.34. The lowest BCUT2D eigenvalue weighted by atomic mass is 10.1. The Morgan fingerprint density at radius 1 is 1.47 bits per heavy atom. The maximum absolute atomic E-state index is 11.9. The average molecular weight is 286 g/mol.